The number of rotatable bonds is 6. The zero-order valence-electron chi connectivity index (χ0n) is 25.3. The number of methoxy groups -OCH3 is 1. The lowest BCUT2D eigenvalue weighted by molar-refractivity contribution is -0.152. The Kier molecular flexibility index (Phi) is 8.05. The molecule has 0 spiro atoms. The zero-order chi connectivity index (χ0) is 31.8. The van der Waals surface area contributed by atoms with Gasteiger partial charge in [-0.2, -0.15) is 4.98 Å². The largest absolute Gasteiger partial charge is 0.465 e. The van der Waals surface area contributed by atoms with Crippen molar-refractivity contribution in [3.63, 3.8) is 0 Å². The number of nitrogens with one attached hydrogen (secondary N) is 2. The molecule has 44 heavy (non-hydrogen) atoms. The van der Waals surface area contributed by atoms with Crippen molar-refractivity contribution in [1.82, 2.24) is 19.5 Å². The van der Waals surface area contributed by atoms with Crippen LogP contribution in [0.1, 0.15) is 76.0 Å². The van der Waals surface area contributed by atoms with Crippen LogP contribution in [0.2, 0.25) is 0 Å². The van der Waals surface area contributed by atoms with E-state index in [1.807, 2.05) is 50.3 Å². The van der Waals surface area contributed by atoms with E-state index in [2.05, 4.69) is 32.4 Å². The number of carbonyl (C=O) groups is 2. The molecule has 0 atom stereocenters. The number of hydrogen-bond acceptors (Lipinski definition) is 9. The van der Waals surface area contributed by atoms with Crippen LogP contribution in [0, 0.1) is 13.8 Å². The van der Waals surface area contributed by atoms with Crippen molar-refractivity contribution >= 4 is 29.9 Å². The molecule has 11 heteroatoms. The first-order valence-electron chi connectivity index (χ1n) is 14.0. The maximum Gasteiger partial charge on any atom is 0.343 e. The molecule has 0 aliphatic heterocycles. The molecule has 0 amide bonds. The van der Waals surface area contributed by atoms with Gasteiger partial charge in [-0.25, -0.2) is 19.1 Å². The van der Waals surface area contributed by atoms with Gasteiger partial charge in [0.15, 0.2) is 0 Å². The van der Waals surface area contributed by atoms with Crippen LogP contribution in [-0.4, -0.2) is 50.7 Å². The number of benzene rings is 2. The van der Waals surface area contributed by atoms with Gasteiger partial charge >= 0.3 is 17.6 Å². The van der Waals surface area contributed by atoms with Crippen molar-refractivity contribution in [2.24, 2.45) is 0 Å². The van der Waals surface area contributed by atoms with Crippen molar-refractivity contribution in [1.29, 1.82) is 0 Å². The van der Waals surface area contributed by atoms with Crippen LogP contribution in [-0.2, 0) is 14.3 Å². The number of esters is 2. The maximum absolute atomic E-state index is 13.5. The number of aryl methyl sites for hydroxylation is 2. The summed E-state index contributed by atoms with van der Waals surface area (Å²) in [7, 11) is 1.20. The summed E-state index contributed by atoms with van der Waals surface area (Å²) < 4.78 is 11.3. The molecule has 1 aliphatic carbocycles. The molecule has 2 aromatic carbocycles. The van der Waals surface area contributed by atoms with Gasteiger partial charge in [0, 0.05) is 23.9 Å². The van der Waals surface area contributed by atoms with Gasteiger partial charge in [-0.1, -0.05) is 59.7 Å². The fourth-order valence-electron chi connectivity index (χ4n) is 5.14. The molecule has 11 nitrogen and oxygen atoms in total. The van der Waals surface area contributed by atoms with Crippen LogP contribution in [0.15, 0.2) is 58.4 Å². The van der Waals surface area contributed by atoms with E-state index in [9.17, 15) is 19.2 Å². The second-order valence-electron chi connectivity index (χ2n) is 11.6. The number of fused-ring (bicyclic) bond motifs is 2. The fraction of sp³-hybridized carbons (Fsp3) is 0.273. The molecule has 2 N–H and O–H groups in total. The molecular formula is C33H33N5O6. The van der Waals surface area contributed by atoms with Crippen molar-refractivity contribution in [2.45, 2.75) is 46.1 Å². The topological polar surface area (TPSA) is 145 Å². The van der Waals surface area contributed by atoms with E-state index in [-0.39, 0.29) is 23.9 Å². The van der Waals surface area contributed by atoms with E-state index in [4.69, 9.17) is 9.47 Å². The quantitative estimate of drug-likeness (QED) is 0.277. The molecular weight excluding hydrogens is 562 g/mol. The summed E-state index contributed by atoms with van der Waals surface area (Å²) in [4.78, 5) is 62.5. The van der Waals surface area contributed by atoms with E-state index in [1.165, 1.54) is 19.5 Å². The number of carbonyl (C=O) groups excluding carboxylic acids is 2. The normalized spacial score (nSPS) is 12.6. The number of anilines is 1. The van der Waals surface area contributed by atoms with E-state index in [0.29, 0.717) is 5.56 Å². The molecule has 0 saturated carbocycles. The number of aromatic amines is 1. The molecule has 0 saturated heterocycles. The third-order valence-electron chi connectivity index (χ3n) is 7.05. The molecule has 0 fully saturated rings. The Morgan fingerprint density at radius 3 is 2.16 bits per heavy atom. The molecule has 0 unspecified atom stereocenters. The van der Waals surface area contributed by atoms with Crippen molar-refractivity contribution in [3.8, 4) is 5.95 Å². The smallest absolute Gasteiger partial charge is 0.343 e. The molecule has 0 radical (unpaired) electrons. The van der Waals surface area contributed by atoms with Crippen molar-refractivity contribution in [2.75, 3.05) is 19.0 Å². The Labute approximate surface area is 253 Å². The van der Waals surface area contributed by atoms with Crippen molar-refractivity contribution in [3.05, 3.63) is 114 Å². The minimum Gasteiger partial charge on any atom is -0.465 e. The SMILES string of the molecule is COC(=O)c1cnc(-n2cc(C3c4ccc(C)cc4C=Cc4cc(C)ccc43)c(=O)[nH]c2=O)nc1NCC(=O)OC(C)(C)C. The molecule has 2 heterocycles. The highest BCUT2D eigenvalue weighted by atomic mass is 16.6. The zero-order valence-corrected chi connectivity index (χ0v) is 25.3. The molecule has 4 aromatic rings. The van der Waals surface area contributed by atoms with Crippen LogP contribution in [0.3, 0.4) is 0 Å². The second-order valence-corrected chi connectivity index (χ2v) is 11.6. The van der Waals surface area contributed by atoms with Gasteiger partial charge in [0.05, 0.1) is 7.11 Å². The standard InChI is InChI=1S/C33H33N5O6/c1-18-7-11-22-20(13-18)9-10-21-14-19(2)8-12-23(21)27(22)25-17-38(32(42)37-29(25)40)31-35-15-24(30(41)43-6)28(36-31)34-16-26(39)44-33(3,4)5/h7-15,17,27H,16H2,1-6H3,(H,34,35,36)(H,37,40,42). The van der Waals surface area contributed by atoms with Crippen LogP contribution in [0.5, 0.6) is 0 Å². The van der Waals surface area contributed by atoms with Gasteiger partial charge < -0.3 is 14.8 Å². The van der Waals surface area contributed by atoms with E-state index >= 15 is 0 Å². The summed E-state index contributed by atoms with van der Waals surface area (Å²) in [6.07, 6.45) is 6.67. The molecule has 2 aromatic heterocycles. The first kappa shape index (κ1) is 30.1. The summed E-state index contributed by atoms with van der Waals surface area (Å²) in [5.41, 5.74) is 4.03. The lowest BCUT2D eigenvalue weighted by Gasteiger charge is -2.21. The lowest BCUT2D eigenvalue weighted by atomic mass is 9.82. The molecule has 1 aliphatic rings. The Balaban J connectivity index is 1.64. The van der Waals surface area contributed by atoms with Crippen LogP contribution in [0.4, 0.5) is 5.82 Å². The lowest BCUT2D eigenvalue weighted by Crippen LogP contribution is -2.33. The first-order chi connectivity index (χ1) is 20.8. The van der Waals surface area contributed by atoms with E-state index < -0.39 is 34.7 Å². The van der Waals surface area contributed by atoms with Crippen LogP contribution in [0.25, 0.3) is 18.1 Å². The first-order valence-corrected chi connectivity index (χ1v) is 14.0. The van der Waals surface area contributed by atoms with Gasteiger partial charge in [-0.3, -0.25) is 14.6 Å². The number of aromatic nitrogens is 4. The van der Waals surface area contributed by atoms with E-state index in [1.54, 1.807) is 20.8 Å². The maximum atomic E-state index is 13.5. The Morgan fingerprint density at radius 2 is 1.59 bits per heavy atom. The highest BCUT2D eigenvalue weighted by molar-refractivity contribution is 5.94. The number of hydrogen-bond donors (Lipinski definition) is 2. The summed E-state index contributed by atoms with van der Waals surface area (Å²) in [6.45, 7) is 8.89. The van der Waals surface area contributed by atoms with E-state index in [0.717, 1.165) is 37.9 Å². The Hall–Kier alpha value is -5.32. The van der Waals surface area contributed by atoms with Gasteiger partial charge in [-0.05, 0) is 56.9 Å². The summed E-state index contributed by atoms with van der Waals surface area (Å²) >= 11 is 0. The number of H-pyrrole nitrogens is 1. The fourth-order valence-corrected chi connectivity index (χ4v) is 5.14. The van der Waals surface area contributed by atoms with Crippen molar-refractivity contribution < 1.29 is 19.1 Å². The van der Waals surface area contributed by atoms with Gasteiger partial charge in [0.25, 0.3) is 5.56 Å². The minimum atomic E-state index is -0.775. The molecule has 5 rings (SSSR count). The highest BCUT2D eigenvalue weighted by Crippen LogP contribution is 2.38. The molecule has 0 bridgehead atoms. The third-order valence-corrected chi connectivity index (χ3v) is 7.05. The average Bonchev–Trinajstić information content (AvgIpc) is 3.11. The van der Waals surface area contributed by atoms with Gasteiger partial charge in [-0.15, -0.1) is 0 Å². The average molecular weight is 596 g/mol. The molecule has 226 valence electrons. The van der Waals surface area contributed by atoms with Crippen LogP contribution >= 0.6 is 0 Å². The third kappa shape index (κ3) is 6.22. The Bertz CT molecular complexity index is 1880. The minimum absolute atomic E-state index is 0.0485. The monoisotopic (exact) mass is 595 g/mol. The number of ether oxygens (including phenoxy) is 2. The highest BCUT2D eigenvalue weighted by Gasteiger charge is 2.28. The van der Waals surface area contributed by atoms with Gasteiger partial charge in [0.2, 0.25) is 5.95 Å². The van der Waals surface area contributed by atoms with Gasteiger partial charge in [0.1, 0.15) is 23.5 Å². The van der Waals surface area contributed by atoms with Crippen LogP contribution < -0.4 is 16.6 Å². The number of nitrogens with zero attached hydrogens (tertiary/aromatic N) is 3. The predicted octanol–water partition coefficient (Wildman–Crippen LogP) is 4.14. The summed E-state index contributed by atoms with van der Waals surface area (Å²) in [5, 5.41) is 2.79. The Morgan fingerprint density at radius 1 is 0.977 bits per heavy atom. The summed E-state index contributed by atoms with van der Waals surface area (Å²) in [6, 6.07) is 12.1. The predicted molar refractivity (Wildman–Crippen MR) is 166 cm³/mol. The second kappa shape index (κ2) is 11.8. The summed E-state index contributed by atoms with van der Waals surface area (Å²) in [5.74, 6) is -2.03.